The van der Waals surface area contributed by atoms with Crippen molar-refractivity contribution in [3.8, 4) is 0 Å². The van der Waals surface area contributed by atoms with Gasteiger partial charge in [0.2, 0.25) is 0 Å². The molecule has 0 amide bonds. The molecule has 0 saturated heterocycles. The fourth-order valence-corrected chi connectivity index (χ4v) is 0.923. The van der Waals surface area contributed by atoms with Gasteiger partial charge in [-0.05, 0) is 32.7 Å². The van der Waals surface area contributed by atoms with Gasteiger partial charge in [0.05, 0.1) is 6.61 Å². The van der Waals surface area contributed by atoms with Crippen molar-refractivity contribution in [1.82, 2.24) is 5.06 Å². The van der Waals surface area contributed by atoms with Gasteiger partial charge in [-0.3, -0.25) is 0 Å². The third kappa shape index (κ3) is 4.60. The second kappa shape index (κ2) is 5.58. The number of hydrogen-bond acceptors (Lipinski definition) is 3. The fraction of sp³-hybridized carbons (Fsp3) is 1.00. The predicted octanol–water partition coefficient (Wildman–Crippen LogP) is 1.99. The highest BCUT2D eigenvalue weighted by Crippen LogP contribution is 2.15. The Kier molecular flexibility index (Phi) is 5.53. The fourth-order valence-electron chi connectivity index (χ4n) is 0.923. The topological polar surface area (TPSA) is 46.5 Å². The Hall–Kier alpha value is -0.120. The van der Waals surface area contributed by atoms with E-state index in [4.69, 9.17) is 5.11 Å². The van der Waals surface area contributed by atoms with Gasteiger partial charge < -0.3 is 15.4 Å². The first-order chi connectivity index (χ1) is 5.94. The summed E-state index contributed by atoms with van der Waals surface area (Å²) in [5.41, 5.74) is -0.631. The lowest BCUT2D eigenvalue weighted by Gasteiger charge is -2.43. The number of aliphatic hydroxyl groups excluding tert-OH is 1. The number of aliphatic hydroxyl groups is 1. The summed E-state index contributed by atoms with van der Waals surface area (Å²) in [6.07, 6.45) is 2.01. The maximum Gasteiger partial charge on any atom is 0.0601 e. The van der Waals surface area contributed by atoms with Gasteiger partial charge in [0.25, 0.3) is 0 Å². The smallest absolute Gasteiger partial charge is 0.0601 e. The molecule has 3 heteroatoms. The van der Waals surface area contributed by atoms with Gasteiger partial charge in [0.1, 0.15) is 0 Å². The average molecular weight is 188 g/mol. The molecule has 1 N–H and O–H groups in total. The summed E-state index contributed by atoms with van der Waals surface area (Å²) in [4.78, 5) is 0. The Labute approximate surface area is 81.3 Å². The van der Waals surface area contributed by atoms with E-state index in [1.807, 2.05) is 0 Å². The minimum absolute atomic E-state index is 0.0863. The van der Waals surface area contributed by atoms with Crippen LogP contribution in [0, 0.1) is 11.1 Å². The van der Waals surface area contributed by atoms with Crippen LogP contribution in [0.4, 0.5) is 0 Å². The van der Waals surface area contributed by atoms with Crippen LogP contribution in [0.1, 0.15) is 40.5 Å². The minimum atomic E-state index is -0.631. The second-order valence-electron chi connectivity index (χ2n) is 4.37. The lowest BCUT2D eigenvalue weighted by molar-refractivity contribution is 0.0919. The molecule has 0 radical (unpaired) electrons. The highest BCUT2D eigenvalue weighted by molar-refractivity contribution is 4.81. The summed E-state index contributed by atoms with van der Waals surface area (Å²) in [5, 5.41) is 21.4. The van der Waals surface area contributed by atoms with E-state index in [0.717, 1.165) is 17.9 Å². The van der Waals surface area contributed by atoms with Gasteiger partial charge in [-0.2, -0.15) is 0 Å². The standard InChI is InChI=1S/C10H22NO2/c1-5-9(2)6-7-11(13)10(3,4)8-12/h9,12H,5-8H2,1-4H3/q-1/t9-/m1/s1. The predicted molar refractivity (Wildman–Crippen MR) is 55.3 cm³/mol. The van der Waals surface area contributed by atoms with E-state index in [9.17, 15) is 5.21 Å². The van der Waals surface area contributed by atoms with Crippen LogP contribution >= 0.6 is 0 Å². The van der Waals surface area contributed by atoms with Crippen molar-refractivity contribution < 1.29 is 5.11 Å². The van der Waals surface area contributed by atoms with Crippen LogP contribution in [0.15, 0.2) is 0 Å². The molecule has 1 atom stereocenters. The largest absolute Gasteiger partial charge is 0.785 e. The molecular weight excluding hydrogens is 166 g/mol. The normalized spacial score (nSPS) is 15.0. The van der Waals surface area contributed by atoms with Crippen molar-refractivity contribution >= 4 is 0 Å². The van der Waals surface area contributed by atoms with Gasteiger partial charge in [-0.15, -0.1) is 0 Å². The Morgan fingerprint density at radius 1 is 1.46 bits per heavy atom. The molecule has 0 aromatic rings. The lowest BCUT2D eigenvalue weighted by Crippen LogP contribution is -2.43. The molecule has 0 aliphatic carbocycles. The van der Waals surface area contributed by atoms with Gasteiger partial charge in [-0.1, -0.05) is 20.3 Å². The molecule has 0 aliphatic rings. The van der Waals surface area contributed by atoms with E-state index in [1.54, 1.807) is 13.8 Å². The zero-order valence-electron chi connectivity index (χ0n) is 9.21. The van der Waals surface area contributed by atoms with Crippen molar-refractivity contribution in [3.63, 3.8) is 0 Å². The Balaban J connectivity index is 3.80. The monoisotopic (exact) mass is 188 g/mol. The molecule has 0 heterocycles. The third-order valence-electron chi connectivity index (χ3n) is 2.58. The minimum Gasteiger partial charge on any atom is -0.785 e. The molecule has 13 heavy (non-hydrogen) atoms. The zero-order chi connectivity index (χ0) is 10.5. The molecule has 0 aromatic carbocycles. The Morgan fingerprint density at radius 3 is 2.38 bits per heavy atom. The van der Waals surface area contributed by atoms with Crippen LogP contribution < -0.4 is 0 Å². The molecule has 0 saturated carbocycles. The average Bonchev–Trinajstić information content (AvgIpc) is 2.13. The van der Waals surface area contributed by atoms with Crippen LogP contribution in [0.2, 0.25) is 0 Å². The summed E-state index contributed by atoms with van der Waals surface area (Å²) in [6, 6.07) is 0. The van der Waals surface area contributed by atoms with Crippen LogP contribution in [0.3, 0.4) is 0 Å². The van der Waals surface area contributed by atoms with E-state index < -0.39 is 5.54 Å². The SMILES string of the molecule is CC[C@@H](C)CCN([O-])C(C)(C)CO. The van der Waals surface area contributed by atoms with Gasteiger partial charge in [0, 0.05) is 5.54 Å². The highest BCUT2D eigenvalue weighted by Gasteiger charge is 2.17. The van der Waals surface area contributed by atoms with E-state index in [1.165, 1.54) is 0 Å². The van der Waals surface area contributed by atoms with Crippen molar-refractivity contribution in [2.75, 3.05) is 13.2 Å². The van der Waals surface area contributed by atoms with Crippen molar-refractivity contribution in [1.29, 1.82) is 0 Å². The van der Waals surface area contributed by atoms with Crippen molar-refractivity contribution in [2.45, 2.75) is 46.1 Å². The van der Waals surface area contributed by atoms with E-state index in [-0.39, 0.29) is 6.61 Å². The van der Waals surface area contributed by atoms with Crippen molar-refractivity contribution in [3.05, 3.63) is 5.21 Å². The Bertz CT molecular complexity index is 137. The number of rotatable bonds is 6. The van der Waals surface area contributed by atoms with Crippen molar-refractivity contribution in [2.24, 2.45) is 5.92 Å². The summed E-state index contributed by atoms with van der Waals surface area (Å²) in [6.45, 7) is 8.21. The molecule has 0 aromatic heterocycles. The van der Waals surface area contributed by atoms with Gasteiger partial charge >= 0.3 is 0 Å². The summed E-state index contributed by atoms with van der Waals surface area (Å²) in [5.74, 6) is 0.589. The van der Waals surface area contributed by atoms with Crippen LogP contribution in [-0.4, -0.2) is 28.9 Å². The van der Waals surface area contributed by atoms with Crippen LogP contribution in [-0.2, 0) is 0 Å². The first-order valence-electron chi connectivity index (χ1n) is 4.99. The molecule has 0 unspecified atom stereocenters. The molecule has 0 rings (SSSR count). The maximum atomic E-state index is 11.5. The summed E-state index contributed by atoms with van der Waals surface area (Å²) in [7, 11) is 0. The molecule has 0 aliphatic heterocycles. The Morgan fingerprint density at radius 2 is 2.00 bits per heavy atom. The number of nitrogens with zero attached hydrogens (tertiary/aromatic N) is 1. The molecular formula is C10H22NO2-. The molecule has 0 bridgehead atoms. The van der Waals surface area contributed by atoms with Gasteiger partial charge in [0.15, 0.2) is 0 Å². The van der Waals surface area contributed by atoms with Crippen LogP contribution in [0.25, 0.3) is 0 Å². The van der Waals surface area contributed by atoms with Crippen LogP contribution in [0.5, 0.6) is 0 Å². The summed E-state index contributed by atoms with van der Waals surface area (Å²) >= 11 is 0. The third-order valence-corrected chi connectivity index (χ3v) is 2.58. The zero-order valence-corrected chi connectivity index (χ0v) is 9.21. The maximum absolute atomic E-state index is 11.5. The van der Waals surface area contributed by atoms with E-state index >= 15 is 0 Å². The molecule has 80 valence electrons. The highest BCUT2D eigenvalue weighted by atomic mass is 16.5. The van der Waals surface area contributed by atoms with Gasteiger partial charge in [-0.25, -0.2) is 0 Å². The quantitative estimate of drug-likeness (QED) is 0.648. The van der Waals surface area contributed by atoms with E-state index in [2.05, 4.69) is 13.8 Å². The first-order valence-corrected chi connectivity index (χ1v) is 4.99. The number of hydroxylamine groups is 2. The molecule has 3 nitrogen and oxygen atoms in total. The number of hydrogen-bond donors (Lipinski definition) is 1. The first kappa shape index (κ1) is 12.9. The molecule has 0 fully saturated rings. The lowest BCUT2D eigenvalue weighted by atomic mass is 10.0. The summed E-state index contributed by atoms with van der Waals surface area (Å²) < 4.78 is 0. The second-order valence-corrected chi connectivity index (χ2v) is 4.37. The molecule has 0 spiro atoms. The van der Waals surface area contributed by atoms with E-state index in [0.29, 0.717) is 12.5 Å².